The Morgan fingerprint density at radius 3 is 2.85 bits per heavy atom. The number of carbonyl (C=O) groups is 1. The van der Waals surface area contributed by atoms with Crippen LogP contribution in [-0.4, -0.2) is 51.1 Å². The van der Waals surface area contributed by atoms with E-state index in [1.165, 1.54) is 12.8 Å². The molecule has 1 aliphatic carbocycles. The molecule has 2 fully saturated rings. The number of nitrogens with one attached hydrogen (secondary N) is 2. The number of rotatable bonds is 7. The number of fused-ring (bicyclic) bond motifs is 1. The summed E-state index contributed by atoms with van der Waals surface area (Å²) in [7, 11) is 4.07. The number of carbonyl (C=O) groups excluding carboxylic acids is 1. The number of ether oxygens (including phenoxy) is 1. The van der Waals surface area contributed by atoms with Gasteiger partial charge in [0.25, 0.3) is 0 Å². The molecule has 5 nitrogen and oxygen atoms in total. The van der Waals surface area contributed by atoms with Crippen molar-refractivity contribution in [1.82, 2.24) is 15.5 Å². The minimum Gasteiger partial charge on any atom is -0.492 e. The van der Waals surface area contributed by atoms with Crippen LogP contribution in [0.2, 0.25) is 0 Å². The lowest BCUT2D eigenvalue weighted by Crippen LogP contribution is -2.47. The van der Waals surface area contributed by atoms with Crippen molar-refractivity contribution in [2.24, 2.45) is 11.3 Å². The largest absolute Gasteiger partial charge is 0.492 e. The van der Waals surface area contributed by atoms with E-state index in [0.717, 1.165) is 43.8 Å². The predicted octanol–water partition coefficient (Wildman–Crippen LogP) is 2.87. The predicted molar refractivity (Wildman–Crippen MR) is 114 cm³/mol. The second-order valence-electron chi connectivity index (χ2n) is 7.67. The van der Waals surface area contributed by atoms with E-state index in [9.17, 15) is 4.79 Å². The van der Waals surface area contributed by atoms with Crippen LogP contribution in [0.4, 0.5) is 0 Å². The van der Waals surface area contributed by atoms with Crippen LogP contribution < -0.4 is 15.4 Å². The number of likely N-dealkylation sites (N-methyl/N-ethyl adjacent to an activating group) is 1. The van der Waals surface area contributed by atoms with Crippen LogP contribution in [0, 0.1) is 11.3 Å². The molecular formula is C20H33Cl2N3O2. The van der Waals surface area contributed by atoms with Gasteiger partial charge in [0.1, 0.15) is 12.4 Å². The minimum atomic E-state index is -0.195. The van der Waals surface area contributed by atoms with E-state index in [-0.39, 0.29) is 36.1 Å². The molecule has 0 unspecified atom stereocenters. The van der Waals surface area contributed by atoms with Gasteiger partial charge in [-0.15, -0.1) is 24.8 Å². The third-order valence-corrected chi connectivity index (χ3v) is 5.70. The Hall–Kier alpha value is -1.01. The van der Waals surface area contributed by atoms with Crippen molar-refractivity contribution >= 4 is 30.7 Å². The average molecular weight is 418 g/mol. The fraction of sp³-hybridized carbons (Fsp3) is 0.650. The lowest BCUT2D eigenvalue weighted by atomic mass is 9.67. The number of hydrogen-bond donors (Lipinski definition) is 2. The second-order valence-corrected chi connectivity index (χ2v) is 7.67. The highest BCUT2D eigenvalue weighted by atomic mass is 35.5. The van der Waals surface area contributed by atoms with Gasteiger partial charge in [-0.25, -0.2) is 0 Å². The summed E-state index contributed by atoms with van der Waals surface area (Å²) in [6.45, 7) is 3.86. The van der Waals surface area contributed by atoms with Gasteiger partial charge in [0.2, 0.25) is 5.91 Å². The highest BCUT2D eigenvalue weighted by Crippen LogP contribution is 2.43. The van der Waals surface area contributed by atoms with E-state index >= 15 is 0 Å². The molecular weight excluding hydrogens is 385 g/mol. The number of hydrogen-bond acceptors (Lipinski definition) is 4. The van der Waals surface area contributed by atoms with Gasteiger partial charge in [0.15, 0.2) is 0 Å². The molecule has 154 valence electrons. The van der Waals surface area contributed by atoms with Crippen molar-refractivity contribution < 1.29 is 9.53 Å². The quantitative estimate of drug-likeness (QED) is 0.715. The molecule has 0 aromatic heterocycles. The van der Waals surface area contributed by atoms with Crippen molar-refractivity contribution in [2.75, 3.05) is 40.3 Å². The Kier molecular flexibility index (Phi) is 9.88. The summed E-state index contributed by atoms with van der Waals surface area (Å²) in [4.78, 5) is 15.1. The van der Waals surface area contributed by atoms with E-state index in [4.69, 9.17) is 4.74 Å². The lowest BCUT2D eigenvalue weighted by molar-refractivity contribution is -0.134. The van der Waals surface area contributed by atoms with Gasteiger partial charge in [-0.05, 0) is 45.5 Å². The van der Waals surface area contributed by atoms with Crippen molar-refractivity contribution in [2.45, 2.75) is 32.2 Å². The molecule has 0 bridgehead atoms. The molecule has 2 N–H and O–H groups in total. The first kappa shape index (κ1) is 24.0. The zero-order valence-electron chi connectivity index (χ0n) is 16.3. The Morgan fingerprint density at radius 1 is 1.30 bits per heavy atom. The van der Waals surface area contributed by atoms with Gasteiger partial charge in [0.05, 0.1) is 5.41 Å². The number of nitrogens with zero attached hydrogens (tertiary/aromatic N) is 1. The number of benzene rings is 1. The molecule has 3 rings (SSSR count). The van der Waals surface area contributed by atoms with Crippen LogP contribution in [0.1, 0.15) is 31.2 Å². The van der Waals surface area contributed by atoms with Crippen molar-refractivity contribution in [3.05, 3.63) is 29.8 Å². The molecule has 1 saturated heterocycles. The maximum absolute atomic E-state index is 13.0. The van der Waals surface area contributed by atoms with Gasteiger partial charge >= 0.3 is 0 Å². The number of amides is 1. The SMILES string of the molecule is CN(C)CCOc1ccccc1CNC(=O)[C@@]12CCCC[C@H]1CNC2.Cl.Cl. The van der Waals surface area contributed by atoms with Crippen LogP contribution >= 0.6 is 24.8 Å². The molecule has 7 heteroatoms. The topological polar surface area (TPSA) is 53.6 Å². The van der Waals surface area contributed by atoms with Crippen LogP contribution in [0.25, 0.3) is 0 Å². The van der Waals surface area contributed by atoms with Gasteiger partial charge in [-0.2, -0.15) is 0 Å². The first-order valence-corrected chi connectivity index (χ1v) is 9.46. The number of para-hydroxylation sites is 1. The monoisotopic (exact) mass is 417 g/mol. The average Bonchev–Trinajstić information content (AvgIpc) is 3.05. The molecule has 0 radical (unpaired) electrons. The summed E-state index contributed by atoms with van der Waals surface area (Å²) in [6, 6.07) is 8.00. The molecule has 1 aromatic rings. The fourth-order valence-electron chi connectivity index (χ4n) is 4.17. The molecule has 1 aliphatic heterocycles. The highest BCUT2D eigenvalue weighted by Gasteiger charge is 2.49. The molecule has 2 aliphatic rings. The van der Waals surface area contributed by atoms with E-state index in [1.807, 2.05) is 38.4 Å². The van der Waals surface area contributed by atoms with Crippen molar-refractivity contribution in [3.63, 3.8) is 0 Å². The molecule has 0 spiro atoms. The zero-order chi connectivity index (χ0) is 17.7. The van der Waals surface area contributed by atoms with Crippen molar-refractivity contribution in [1.29, 1.82) is 0 Å². The summed E-state index contributed by atoms with van der Waals surface area (Å²) in [5.41, 5.74) is 0.850. The third kappa shape index (κ3) is 5.74. The summed E-state index contributed by atoms with van der Waals surface area (Å²) in [5.74, 6) is 1.57. The molecule has 1 heterocycles. The van der Waals surface area contributed by atoms with Crippen LogP contribution in [-0.2, 0) is 11.3 Å². The standard InChI is InChI=1S/C20H31N3O2.2ClH/c1-23(2)11-12-25-18-9-4-3-7-16(18)13-22-19(24)20-10-6-5-8-17(20)14-21-15-20;;/h3-4,7,9,17,21H,5-6,8,10-15H2,1-2H3,(H,22,24);2*1H/t17-,20+;;/m0../s1. The molecule has 1 amide bonds. The summed E-state index contributed by atoms with van der Waals surface area (Å²) in [6.07, 6.45) is 4.60. The van der Waals surface area contributed by atoms with E-state index in [0.29, 0.717) is 19.1 Å². The van der Waals surface area contributed by atoms with Crippen LogP contribution in [0.15, 0.2) is 24.3 Å². The Labute approximate surface area is 175 Å². The molecule has 27 heavy (non-hydrogen) atoms. The first-order chi connectivity index (χ1) is 12.1. The fourth-order valence-corrected chi connectivity index (χ4v) is 4.17. The Balaban J connectivity index is 0.00000182. The maximum atomic E-state index is 13.0. The van der Waals surface area contributed by atoms with Gasteiger partial charge in [-0.3, -0.25) is 4.79 Å². The van der Waals surface area contributed by atoms with Crippen molar-refractivity contribution in [3.8, 4) is 5.75 Å². The molecule has 1 aromatic carbocycles. The van der Waals surface area contributed by atoms with Crippen LogP contribution in [0.5, 0.6) is 5.75 Å². The normalized spacial score (nSPS) is 23.7. The Bertz CT molecular complexity index is 600. The molecule has 2 atom stereocenters. The van der Waals surface area contributed by atoms with Crippen LogP contribution in [0.3, 0.4) is 0 Å². The van der Waals surface area contributed by atoms with E-state index in [2.05, 4.69) is 15.5 Å². The smallest absolute Gasteiger partial charge is 0.228 e. The minimum absolute atomic E-state index is 0. The third-order valence-electron chi connectivity index (χ3n) is 5.70. The first-order valence-electron chi connectivity index (χ1n) is 9.46. The Morgan fingerprint density at radius 2 is 2.07 bits per heavy atom. The summed E-state index contributed by atoms with van der Waals surface area (Å²) in [5, 5.41) is 6.64. The maximum Gasteiger partial charge on any atom is 0.228 e. The van der Waals surface area contributed by atoms with E-state index in [1.54, 1.807) is 0 Å². The molecule has 1 saturated carbocycles. The zero-order valence-corrected chi connectivity index (χ0v) is 18.0. The summed E-state index contributed by atoms with van der Waals surface area (Å²) >= 11 is 0. The second kappa shape index (κ2) is 11.1. The van der Waals surface area contributed by atoms with E-state index < -0.39 is 0 Å². The van der Waals surface area contributed by atoms with Gasteiger partial charge in [0, 0.05) is 25.2 Å². The number of halogens is 2. The lowest BCUT2D eigenvalue weighted by Gasteiger charge is -2.37. The van der Waals surface area contributed by atoms with Gasteiger partial charge < -0.3 is 20.3 Å². The highest BCUT2D eigenvalue weighted by molar-refractivity contribution is 5.85. The summed E-state index contributed by atoms with van der Waals surface area (Å²) < 4.78 is 5.91. The van der Waals surface area contributed by atoms with Gasteiger partial charge in [-0.1, -0.05) is 31.0 Å².